The van der Waals surface area contributed by atoms with E-state index in [1.807, 2.05) is 4.90 Å². The first-order chi connectivity index (χ1) is 14.7. The molecule has 2 aromatic rings. The summed E-state index contributed by atoms with van der Waals surface area (Å²) in [7, 11) is 0. The van der Waals surface area contributed by atoms with E-state index in [9.17, 15) is 4.79 Å². The summed E-state index contributed by atoms with van der Waals surface area (Å²) in [6, 6.07) is 9.18. The largest absolute Gasteiger partial charge is 0.490 e. The molecule has 1 aromatic carbocycles. The van der Waals surface area contributed by atoms with E-state index in [0.29, 0.717) is 24.5 Å². The minimum atomic E-state index is -0.0497. The molecular formula is C24H31N3O3. The van der Waals surface area contributed by atoms with Crippen molar-refractivity contribution in [3.8, 4) is 5.75 Å². The number of likely N-dealkylation sites (tertiary alicyclic amines) is 1. The highest BCUT2D eigenvalue weighted by molar-refractivity contribution is 5.92. The number of fused-ring (bicyclic) bond motifs is 1. The maximum atomic E-state index is 12.5. The van der Waals surface area contributed by atoms with E-state index < -0.39 is 0 Å². The Bertz CT molecular complexity index is 897. The number of amides is 1. The number of piperidine rings is 1. The summed E-state index contributed by atoms with van der Waals surface area (Å²) in [5.74, 6) is 1.59. The monoisotopic (exact) mass is 409 g/mol. The van der Waals surface area contributed by atoms with Crippen molar-refractivity contribution in [1.82, 2.24) is 15.0 Å². The first-order valence-corrected chi connectivity index (χ1v) is 11.4. The van der Waals surface area contributed by atoms with Gasteiger partial charge in [-0.3, -0.25) is 9.69 Å². The van der Waals surface area contributed by atoms with Crippen LogP contribution in [-0.4, -0.2) is 59.2 Å². The quantitative estimate of drug-likeness (QED) is 0.772. The van der Waals surface area contributed by atoms with E-state index in [4.69, 9.17) is 9.26 Å². The molecule has 160 valence electrons. The minimum Gasteiger partial charge on any atom is -0.490 e. The number of rotatable bonds is 4. The Morgan fingerprint density at radius 3 is 2.47 bits per heavy atom. The third kappa shape index (κ3) is 4.10. The number of aryl methyl sites for hydroxylation is 1. The summed E-state index contributed by atoms with van der Waals surface area (Å²) in [5.41, 5.74) is 3.32. The Hall–Kier alpha value is -2.34. The highest BCUT2D eigenvalue weighted by Gasteiger charge is 2.28. The van der Waals surface area contributed by atoms with Gasteiger partial charge in [0.1, 0.15) is 17.6 Å². The summed E-state index contributed by atoms with van der Waals surface area (Å²) in [4.78, 5) is 17.1. The molecule has 3 aliphatic rings. The molecule has 30 heavy (non-hydrogen) atoms. The Morgan fingerprint density at radius 2 is 1.80 bits per heavy atom. The summed E-state index contributed by atoms with van der Waals surface area (Å²) in [5, 5.41) is 3.85. The van der Waals surface area contributed by atoms with Crippen molar-refractivity contribution in [1.29, 1.82) is 0 Å². The second-order valence-electron chi connectivity index (χ2n) is 8.98. The molecule has 1 aliphatic carbocycles. The van der Waals surface area contributed by atoms with E-state index in [2.05, 4.69) is 28.3 Å². The van der Waals surface area contributed by atoms with E-state index in [0.717, 1.165) is 37.5 Å². The van der Waals surface area contributed by atoms with Gasteiger partial charge in [0.15, 0.2) is 5.69 Å². The van der Waals surface area contributed by atoms with Crippen LogP contribution in [0.5, 0.6) is 5.75 Å². The lowest BCUT2D eigenvalue weighted by Gasteiger charge is -2.36. The van der Waals surface area contributed by atoms with Crippen molar-refractivity contribution < 1.29 is 14.1 Å². The van der Waals surface area contributed by atoms with Crippen LogP contribution in [-0.2, 0) is 12.8 Å². The molecule has 0 bridgehead atoms. The van der Waals surface area contributed by atoms with Crippen LogP contribution < -0.4 is 4.74 Å². The predicted octanol–water partition coefficient (Wildman–Crippen LogP) is 3.62. The van der Waals surface area contributed by atoms with Gasteiger partial charge in [-0.1, -0.05) is 17.6 Å². The van der Waals surface area contributed by atoms with Crippen molar-refractivity contribution in [2.45, 2.75) is 64.0 Å². The number of hydrogen-bond acceptors (Lipinski definition) is 5. The first-order valence-electron chi connectivity index (χ1n) is 11.4. The van der Waals surface area contributed by atoms with Crippen LogP contribution in [0.1, 0.15) is 59.5 Å². The van der Waals surface area contributed by atoms with Gasteiger partial charge >= 0.3 is 0 Å². The Kier molecular flexibility index (Phi) is 5.50. The Balaban J connectivity index is 1.16. The average molecular weight is 410 g/mol. The van der Waals surface area contributed by atoms with Gasteiger partial charge < -0.3 is 14.2 Å². The highest BCUT2D eigenvalue weighted by Crippen LogP contribution is 2.29. The normalized spacial score (nSPS) is 21.0. The number of carbonyl (C=O) groups is 1. The van der Waals surface area contributed by atoms with Gasteiger partial charge in [-0.2, -0.15) is 0 Å². The number of benzene rings is 1. The van der Waals surface area contributed by atoms with Crippen LogP contribution in [0.2, 0.25) is 0 Å². The molecule has 1 saturated carbocycles. The third-order valence-corrected chi connectivity index (χ3v) is 6.98. The fraction of sp³-hybridized carbons (Fsp3) is 0.583. The first kappa shape index (κ1) is 19.6. The lowest BCUT2D eigenvalue weighted by Crippen LogP contribution is -2.41. The van der Waals surface area contributed by atoms with Crippen LogP contribution in [0.3, 0.4) is 0 Å². The number of ether oxygens (including phenoxy) is 1. The molecule has 5 rings (SSSR count). The molecule has 0 radical (unpaired) electrons. The van der Waals surface area contributed by atoms with Gasteiger partial charge in [-0.15, -0.1) is 0 Å². The maximum absolute atomic E-state index is 12.5. The summed E-state index contributed by atoms with van der Waals surface area (Å²) in [6.45, 7) is 5.54. The number of carbonyl (C=O) groups excluding carboxylic acids is 1. The van der Waals surface area contributed by atoms with Gasteiger partial charge in [0.05, 0.1) is 0 Å². The molecule has 0 N–H and O–H groups in total. The molecule has 1 amide bonds. The number of aromatic nitrogens is 1. The van der Waals surface area contributed by atoms with Crippen molar-refractivity contribution in [3.05, 3.63) is 46.8 Å². The maximum Gasteiger partial charge on any atom is 0.276 e. The topological polar surface area (TPSA) is 58.8 Å². The third-order valence-electron chi connectivity index (χ3n) is 6.98. The molecule has 2 aliphatic heterocycles. The summed E-state index contributed by atoms with van der Waals surface area (Å²) >= 11 is 0. The lowest BCUT2D eigenvalue weighted by molar-refractivity contribution is 0.0586. The van der Waals surface area contributed by atoms with Gasteiger partial charge in [0, 0.05) is 51.1 Å². The van der Waals surface area contributed by atoms with E-state index in [1.165, 1.54) is 43.5 Å². The van der Waals surface area contributed by atoms with Crippen molar-refractivity contribution in [2.75, 3.05) is 26.2 Å². The minimum absolute atomic E-state index is 0.0497. The fourth-order valence-electron chi connectivity index (χ4n) is 4.91. The van der Waals surface area contributed by atoms with Gasteiger partial charge in [0.25, 0.3) is 5.91 Å². The van der Waals surface area contributed by atoms with Crippen molar-refractivity contribution in [2.24, 2.45) is 0 Å². The molecular weight excluding hydrogens is 378 g/mol. The standard InChI is InChI=1S/C24H31N3O3/c1-17-15-23(25-30-17)24(28)27-13-9-21(10-14-27)29-22-6-5-18-7-11-26(20-3-2-4-20)12-8-19(18)16-22/h5-6,15-16,20-21H,2-4,7-14H2,1H3. The molecule has 1 aromatic heterocycles. The molecule has 1 saturated heterocycles. The molecule has 0 unspecified atom stereocenters. The second-order valence-corrected chi connectivity index (χ2v) is 8.98. The smallest absolute Gasteiger partial charge is 0.276 e. The zero-order valence-electron chi connectivity index (χ0n) is 17.8. The van der Waals surface area contributed by atoms with Crippen LogP contribution in [0.25, 0.3) is 0 Å². The average Bonchev–Trinajstić information content (AvgIpc) is 3.05. The van der Waals surface area contributed by atoms with E-state index >= 15 is 0 Å². The van der Waals surface area contributed by atoms with Crippen LogP contribution in [0.15, 0.2) is 28.8 Å². The van der Waals surface area contributed by atoms with Crippen molar-refractivity contribution >= 4 is 5.91 Å². The zero-order chi connectivity index (χ0) is 20.5. The summed E-state index contributed by atoms with van der Waals surface area (Å²) in [6.07, 6.45) is 8.26. The zero-order valence-corrected chi connectivity index (χ0v) is 17.8. The SMILES string of the molecule is Cc1cc(C(=O)N2CCC(Oc3ccc4c(c3)CCN(C3CCC3)CC4)CC2)no1. The van der Waals surface area contributed by atoms with E-state index in [1.54, 1.807) is 13.0 Å². The number of nitrogens with zero attached hydrogens (tertiary/aromatic N) is 3. The fourth-order valence-corrected chi connectivity index (χ4v) is 4.91. The Morgan fingerprint density at radius 1 is 1.03 bits per heavy atom. The Labute approximate surface area is 178 Å². The molecule has 6 heteroatoms. The molecule has 3 heterocycles. The van der Waals surface area contributed by atoms with Crippen LogP contribution in [0.4, 0.5) is 0 Å². The van der Waals surface area contributed by atoms with Crippen molar-refractivity contribution in [3.63, 3.8) is 0 Å². The van der Waals surface area contributed by atoms with Gasteiger partial charge in [-0.05, 0) is 55.9 Å². The lowest BCUT2D eigenvalue weighted by atomic mass is 9.91. The van der Waals surface area contributed by atoms with Crippen LogP contribution >= 0.6 is 0 Å². The van der Waals surface area contributed by atoms with Gasteiger partial charge in [-0.25, -0.2) is 0 Å². The molecule has 2 fully saturated rings. The molecule has 6 nitrogen and oxygen atoms in total. The summed E-state index contributed by atoms with van der Waals surface area (Å²) < 4.78 is 11.4. The van der Waals surface area contributed by atoms with Gasteiger partial charge in [0.2, 0.25) is 0 Å². The highest BCUT2D eigenvalue weighted by atomic mass is 16.5. The van der Waals surface area contributed by atoms with Crippen LogP contribution in [0, 0.1) is 6.92 Å². The predicted molar refractivity (Wildman–Crippen MR) is 114 cm³/mol. The molecule has 0 spiro atoms. The number of hydrogen-bond donors (Lipinski definition) is 0. The second kappa shape index (κ2) is 8.42. The molecule has 0 atom stereocenters. The van der Waals surface area contributed by atoms with E-state index in [-0.39, 0.29) is 12.0 Å².